The first-order chi connectivity index (χ1) is 5.91. The van der Waals surface area contributed by atoms with Gasteiger partial charge in [0.2, 0.25) is 0 Å². The Hall–Kier alpha value is -0.300. The lowest BCUT2D eigenvalue weighted by Crippen LogP contribution is -1.77. The van der Waals surface area contributed by atoms with Gasteiger partial charge in [0.05, 0.1) is 0 Å². The van der Waals surface area contributed by atoms with E-state index in [0.29, 0.717) is 0 Å². The molecule has 0 unspecified atom stereocenters. The number of allylic oxidation sites excluding steroid dienone is 1. The molecule has 0 atom stereocenters. The normalized spacial score (nSPS) is 11.2. The summed E-state index contributed by atoms with van der Waals surface area (Å²) in [6.45, 7) is 2.52. The van der Waals surface area contributed by atoms with Crippen molar-refractivity contribution in [1.82, 2.24) is 0 Å². The summed E-state index contributed by atoms with van der Waals surface area (Å²) in [5, 5.41) is 8.49. The lowest BCUT2D eigenvalue weighted by molar-refractivity contribution is 0.302. The standard InChI is InChI=1S/C11H22O/c1-2-3-4-5-6-7-8-9-10-11-12/h8-9,12H,2-7,10-11H2,1H3/b9-8+. The van der Waals surface area contributed by atoms with Crippen LogP contribution in [0.3, 0.4) is 0 Å². The molecule has 1 heteroatoms. The molecule has 0 aliphatic rings. The van der Waals surface area contributed by atoms with E-state index in [2.05, 4.69) is 19.1 Å². The van der Waals surface area contributed by atoms with E-state index in [4.69, 9.17) is 5.11 Å². The van der Waals surface area contributed by atoms with E-state index in [0.717, 1.165) is 6.42 Å². The van der Waals surface area contributed by atoms with Crippen LogP contribution in [-0.2, 0) is 0 Å². The van der Waals surface area contributed by atoms with Gasteiger partial charge in [0.25, 0.3) is 0 Å². The SMILES string of the molecule is CCCCCCC/C=C/CCO. The van der Waals surface area contributed by atoms with Crippen LogP contribution >= 0.6 is 0 Å². The summed E-state index contributed by atoms with van der Waals surface area (Å²) in [7, 11) is 0. The maximum atomic E-state index is 8.49. The molecular formula is C11H22O. The van der Waals surface area contributed by atoms with Crippen LogP contribution in [-0.4, -0.2) is 11.7 Å². The Balaban J connectivity index is 2.90. The summed E-state index contributed by atoms with van der Waals surface area (Å²) >= 11 is 0. The van der Waals surface area contributed by atoms with Crippen LogP contribution in [0.4, 0.5) is 0 Å². The average Bonchev–Trinajstić information content (AvgIpc) is 2.10. The van der Waals surface area contributed by atoms with Gasteiger partial charge in [-0.15, -0.1) is 0 Å². The highest BCUT2D eigenvalue weighted by Crippen LogP contribution is 2.05. The number of rotatable bonds is 8. The van der Waals surface area contributed by atoms with Crippen molar-refractivity contribution in [2.45, 2.75) is 51.9 Å². The molecule has 0 fully saturated rings. The first kappa shape index (κ1) is 11.7. The zero-order valence-electron chi connectivity index (χ0n) is 8.26. The van der Waals surface area contributed by atoms with E-state index in [1.54, 1.807) is 0 Å². The van der Waals surface area contributed by atoms with Gasteiger partial charge in [0.1, 0.15) is 0 Å². The fraction of sp³-hybridized carbons (Fsp3) is 0.818. The zero-order chi connectivity index (χ0) is 9.07. The molecule has 0 radical (unpaired) electrons. The van der Waals surface area contributed by atoms with Crippen molar-refractivity contribution < 1.29 is 5.11 Å². The van der Waals surface area contributed by atoms with Crippen LogP contribution < -0.4 is 0 Å². The Morgan fingerprint density at radius 2 is 1.58 bits per heavy atom. The monoisotopic (exact) mass is 170 g/mol. The average molecular weight is 170 g/mol. The van der Waals surface area contributed by atoms with Crippen molar-refractivity contribution in [3.63, 3.8) is 0 Å². The van der Waals surface area contributed by atoms with Gasteiger partial charge in [-0.25, -0.2) is 0 Å². The largest absolute Gasteiger partial charge is 0.396 e. The van der Waals surface area contributed by atoms with Crippen molar-refractivity contribution in [2.75, 3.05) is 6.61 Å². The molecule has 1 N–H and O–H groups in total. The van der Waals surface area contributed by atoms with E-state index in [-0.39, 0.29) is 6.61 Å². The van der Waals surface area contributed by atoms with Gasteiger partial charge in [0.15, 0.2) is 0 Å². The number of unbranched alkanes of at least 4 members (excludes halogenated alkanes) is 5. The second-order valence-electron chi connectivity index (χ2n) is 3.19. The topological polar surface area (TPSA) is 20.2 Å². The Bertz CT molecular complexity index is 97.2. The summed E-state index contributed by atoms with van der Waals surface area (Å²) in [5.74, 6) is 0. The van der Waals surface area contributed by atoms with E-state index in [9.17, 15) is 0 Å². The molecule has 0 heterocycles. The van der Waals surface area contributed by atoms with Gasteiger partial charge < -0.3 is 5.11 Å². The van der Waals surface area contributed by atoms with E-state index in [1.165, 1.54) is 38.5 Å². The predicted octanol–water partition coefficient (Wildman–Crippen LogP) is 3.29. The Morgan fingerprint density at radius 1 is 0.917 bits per heavy atom. The van der Waals surface area contributed by atoms with Gasteiger partial charge in [-0.1, -0.05) is 44.8 Å². The molecule has 0 aromatic rings. The van der Waals surface area contributed by atoms with Gasteiger partial charge in [-0.05, 0) is 19.3 Å². The highest BCUT2D eigenvalue weighted by molar-refractivity contribution is 4.80. The molecule has 0 saturated carbocycles. The maximum absolute atomic E-state index is 8.49. The third-order valence-corrected chi connectivity index (χ3v) is 1.94. The summed E-state index contributed by atoms with van der Waals surface area (Å²) in [6, 6.07) is 0. The molecule has 0 aromatic carbocycles. The fourth-order valence-electron chi connectivity index (χ4n) is 1.18. The fourth-order valence-corrected chi connectivity index (χ4v) is 1.18. The Morgan fingerprint density at radius 3 is 2.25 bits per heavy atom. The Labute approximate surface area is 76.5 Å². The summed E-state index contributed by atoms with van der Waals surface area (Å²) in [6.07, 6.45) is 13.0. The minimum Gasteiger partial charge on any atom is -0.396 e. The summed E-state index contributed by atoms with van der Waals surface area (Å²) < 4.78 is 0. The molecule has 0 aromatic heterocycles. The van der Waals surface area contributed by atoms with Crippen LogP contribution in [0.1, 0.15) is 51.9 Å². The van der Waals surface area contributed by atoms with Gasteiger partial charge in [-0.2, -0.15) is 0 Å². The number of aliphatic hydroxyl groups is 1. The van der Waals surface area contributed by atoms with Gasteiger partial charge in [-0.3, -0.25) is 0 Å². The number of hydrogen-bond acceptors (Lipinski definition) is 1. The Kier molecular flexibility index (Phi) is 10.4. The molecule has 0 rings (SSSR count). The third kappa shape index (κ3) is 9.70. The van der Waals surface area contributed by atoms with E-state index >= 15 is 0 Å². The second-order valence-corrected chi connectivity index (χ2v) is 3.19. The smallest absolute Gasteiger partial charge is 0.0465 e. The van der Waals surface area contributed by atoms with Crippen LogP contribution in [0.15, 0.2) is 12.2 Å². The second kappa shape index (κ2) is 10.7. The van der Waals surface area contributed by atoms with Crippen molar-refractivity contribution in [2.24, 2.45) is 0 Å². The lowest BCUT2D eigenvalue weighted by Gasteiger charge is -1.95. The third-order valence-electron chi connectivity index (χ3n) is 1.94. The number of aliphatic hydroxyl groups excluding tert-OH is 1. The molecule has 0 bridgehead atoms. The molecule has 72 valence electrons. The number of hydrogen-bond donors (Lipinski definition) is 1. The van der Waals surface area contributed by atoms with Crippen LogP contribution in [0.5, 0.6) is 0 Å². The van der Waals surface area contributed by atoms with Gasteiger partial charge >= 0.3 is 0 Å². The summed E-state index contributed by atoms with van der Waals surface area (Å²) in [4.78, 5) is 0. The molecule has 12 heavy (non-hydrogen) atoms. The minimum atomic E-state index is 0.284. The highest BCUT2D eigenvalue weighted by atomic mass is 16.2. The molecule has 1 nitrogen and oxygen atoms in total. The quantitative estimate of drug-likeness (QED) is 0.438. The van der Waals surface area contributed by atoms with Crippen LogP contribution in [0.25, 0.3) is 0 Å². The highest BCUT2D eigenvalue weighted by Gasteiger charge is 1.85. The molecular weight excluding hydrogens is 148 g/mol. The molecule has 0 aliphatic heterocycles. The maximum Gasteiger partial charge on any atom is 0.0465 e. The summed E-state index contributed by atoms with van der Waals surface area (Å²) in [5.41, 5.74) is 0. The van der Waals surface area contributed by atoms with E-state index < -0.39 is 0 Å². The lowest BCUT2D eigenvalue weighted by atomic mass is 10.1. The van der Waals surface area contributed by atoms with Crippen molar-refractivity contribution in [1.29, 1.82) is 0 Å². The van der Waals surface area contributed by atoms with Crippen LogP contribution in [0, 0.1) is 0 Å². The predicted molar refractivity (Wildman–Crippen MR) is 54.2 cm³/mol. The minimum absolute atomic E-state index is 0.284. The van der Waals surface area contributed by atoms with Crippen molar-refractivity contribution in [3.8, 4) is 0 Å². The van der Waals surface area contributed by atoms with E-state index in [1.807, 2.05) is 0 Å². The molecule has 0 spiro atoms. The first-order valence-corrected chi connectivity index (χ1v) is 5.17. The van der Waals surface area contributed by atoms with Crippen molar-refractivity contribution in [3.05, 3.63) is 12.2 Å². The first-order valence-electron chi connectivity index (χ1n) is 5.17. The van der Waals surface area contributed by atoms with Crippen molar-refractivity contribution >= 4 is 0 Å². The zero-order valence-corrected chi connectivity index (χ0v) is 8.26. The van der Waals surface area contributed by atoms with Gasteiger partial charge in [0, 0.05) is 6.61 Å². The van der Waals surface area contributed by atoms with Crippen LogP contribution in [0.2, 0.25) is 0 Å². The molecule has 0 amide bonds. The molecule has 0 saturated heterocycles. The molecule has 0 aliphatic carbocycles.